The van der Waals surface area contributed by atoms with Crippen molar-refractivity contribution in [2.45, 2.75) is 12.8 Å². The van der Waals surface area contributed by atoms with E-state index in [1.807, 2.05) is 0 Å². The van der Waals surface area contributed by atoms with Crippen LogP contribution in [0.25, 0.3) is 0 Å². The van der Waals surface area contributed by atoms with Crippen molar-refractivity contribution in [3.05, 3.63) is 28.7 Å². The molecule has 0 atom stereocenters. The van der Waals surface area contributed by atoms with Crippen molar-refractivity contribution in [2.75, 3.05) is 13.7 Å². The Hall–Kier alpha value is -2.20. The first-order valence-corrected chi connectivity index (χ1v) is 7.94. The van der Waals surface area contributed by atoms with E-state index in [0.717, 1.165) is 4.47 Å². The third kappa shape index (κ3) is 8.44. The molecule has 3 N–H and O–H groups in total. The fraction of sp³-hybridized carbons (Fsp3) is 0.286. The van der Waals surface area contributed by atoms with E-state index in [0.29, 0.717) is 5.75 Å². The van der Waals surface area contributed by atoms with Crippen molar-refractivity contribution in [1.82, 2.24) is 16.2 Å². The molecule has 0 fully saturated rings. The van der Waals surface area contributed by atoms with E-state index in [1.165, 1.54) is 7.11 Å². The van der Waals surface area contributed by atoms with E-state index in [-0.39, 0.29) is 24.6 Å². The van der Waals surface area contributed by atoms with Crippen LogP contribution in [0.1, 0.15) is 12.8 Å². The molecule has 2 amide bonds. The Morgan fingerprint density at radius 3 is 2.38 bits per heavy atom. The summed E-state index contributed by atoms with van der Waals surface area (Å²) in [4.78, 5) is 34.0. The number of carbonyl (C=O) groups is 3. The van der Waals surface area contributed by atoms with E-state index in [9.17, 15) is 14.4 Å². The lowest BCUT2D eigenvalue weighted by Crippen LogP contribution is -2.49. The lowest BCUT2D eigenvalue weighted by Gasteiger charge is -2.11. The quantitative estimate of drug-likeness (QED) is 0.357. The molecular weight excluding hydrogens is 402 g/mol. The SMILES string of the molecule is COC(=O)CCC(=O)NC(=S)NNC(=O)COc1ccc(Br)cc1. The summed E-state index contributed by atoms with van der Waals surface area (Å²) in [5, 5.41) is 2.21. The van der Waals surface area contributed by atoms with Gasteiger partial charge in [0.25, 0.3) is 5.91 Å². The van der Waals surface area contributed by atoms with Crippen LogP contribution in [-0.4, -0.2) is 36.6 Å². The van der Waals surface area contributed by atoms with Gasteiger partial charge in [-0.2, -0.15) is 0 Å². The number of esters is 1. The molecule has 0 bridgehead atoms. The average Bonchev–Trinajstić information content (AvgIpc) is 2.57. The smallest absolute Gasteiger partial charge is 0.306 e. The van der Waals surface area contributed by atoms with Crippen molar-refractivity contribution in [3.63, 3.8) is 0 Å². The van der Waals surface area contributed by atoms with Gasteiger partial charge in [0.15, 0.2) is 11.7 Å². The molecule has 0 aromatic heterocycles. The Bertz CT molecular complexity index is 609. The molecule has 0 aliphatic rings. The number of benzene rings is 1. The van der Waals surface area contributed by atoms with E-state index in [4.69, 9.17) is 17.0 Å². The number of ether oxygens (including phenoxy) is 2. The summed E-state index contributed by atoms with van der Waals surface area (Å²) in [6, 6.07) is 6.98. The Balaban J connectivity index is 2.21. The lowest BCUT2D eigenvalue weighted by atomic mass is 10.3. The molecule has 10 heteroatoms. The summed E-state index contributed by atoms with van der Waals surface area (Å²) >= 11 is 8.12. The molecule has 0 saturated heterocycles. The zero-order chi connectivity index (χ0) is 17.9. The molecule has 0 spiro atoms. The van der Waals surface area contributed by atoms with Crippen molar-refractivity contribution in [2.24, 2.45) is 0 Å². The largest absolute Gasteiger partial charge is 0.484 e. The normalized spacial score (nSPS) is 9.58. The van der Waals surface area contributed by atoms with Gasteiger partial charge < -0.3 is 14.8 Å². The first-order valence-electron chi connectivity index (χ1n) is 6.74. The minimum Gasteiger partial charge on any atom is -0.484 e. The molecule has 0 saturated carbocycles. The lowest BCUT2D eigenvalue weighted by molar-refractivity contribution is -0.142. The molecule has 130 valence electrons. The van der Waals surface area contributed by atoms with Crippen LogP contribution >= 0.6 is 28.1 Å². The highest BCUT2D eigenvalue weighted by Gasteiger charge is 2.09. The maximum absolute atomic E-state index is 11.6. The number of methoxy groups -OCH3 is 1. The zero-order valence-electron chi connectivity index (χ0n) is 12.8. The fourth-order valence-corrected chi connectivity index (χ4v) is 1.81. The van der Waals surface area contributed by atoms with Gasteiger partial charge in [0, 0.05) is 10.9 Å². The third-order valence-corrected chi connectivity index (χ3v) is 3.27. The van der Waals surface area contributed by atoms with Crippen molar-refractivity contribution >= 4 is 51.0 Å². The highest BCUT2D eigenvalue weighted by molar-refractivity contribution is 9.10. The van der Waals surface area contributed by atoms with Crippen LogP contribution in [0.4, 0.5) is 0 Å². The Morgan fingerprint density at radius 1 is 1.08 bits per heavy atom. The average molecular weight is 418 g/mol. The molecule has 1 aromatic carbocycles. The standard InChI is InChI=1S/C14H16BrN3O5S/c1-22-13(21)7-6-11(19)16-14(24)18-17-12(20)8-23-10-4-2-9(15)3-5-10/h2-5H,6-8H2,1H3,(H,17,20)(H2,16,18,19,24). The number of thiocarbonyl (C=S) groups is 1. The number of amides is 2. The van der Waals surface area contributed by atoms with E-state index in [1.54, 1.807) is 24.3 Å². The summed E-state index contributed by atoms with van der Waals surface area (Å²) in [7, 11) is 1.23. The first kappa shape index (κ1) is 19.8. The maximum Gasteiger partial charge on any atom is 0.306 e. The topological polar surface area (TPSA) is 106 Å². The van der Waals surface area contributed by atoms with Crippen LogP contribution in [0, 0.1) is 0 Å². The van der Waals surface area contributed by atoms with Crippen LogP contribution in [0.15, 0.2) is 28.7 Å². The van der Waals surface area contributed by atoms with Gasteiger partial charge in [-0.3, -0.25) is 25.2 Å². The highest BCUT2D eigenvalue weighted by Crippen LogP contribution is 2.15. The van der Waals surface area contributed by atoms with E-state index < -0.39 is 17.8 Å². The number of hydrazine groups is 1. The van der Waals surface area contributed by atoms with Gasteiger partial charge >= 0.3 is 5.97 Å². The second-order valence-electron chi connectivity index (χ2n) is 4.37. The Morgan fingerprint density at radius 2 is 1.75 bits per heavy atom. The molecule has 24 heavy (non-hydrogen) atoms. The molecular formula is C14H16BrN3O5S. The predicted molar refractivity (Wildman–Crippen MR) is 92.9 cm³/mol. The van der Waals surface area contributed by atoms with Crippen molar-refractivity contribution in [1.29, 1.82) is 0 Å². The van der Waals surface area contributed by atoms with Crippen LogP contribution in [0.3, 0.4) is 0 Å². The number of nitrogens with one attached hydrogen (secondary N) is 3. The molecule has 1 aromatic rings. The van der Waals surface area contributed by atoms with Gasteiger partial charge in [0.05, 0.1) is 13.5 Å². The van der Waals surface area contributed by atoms with Crippen LogP contribution < -0.4 is 20.9 Å². The molecule has 0 aliphatic heterocycles. The van der Waals surface area contributed by atoms with Crippen LogP contribution in [0.5, 0.6) is 5.75 Å². The summed E-state index contributed by atoms with van der Waals surface area (Å²) in [6.07, 6.45) is -0.131. The number of carbonyl (C=O) groups excluding carboxylic acids is 3. The van der Waals surface area contributed by atoms with Crippen LogP contribution in [-0.2, 0) is 19.1 Å². The molecule has 0 aliphatic carbocycles. The number of hydrogen-bond acceptors (Lipinski definition) is 6. The van der Waals surface area contributed by atoms with Gasteiger partial charge in [0.2, 0.25) is 5.91 Å². The van der Waals surface area contributed by atoms with Crippen molar-refractivity contribution in [3.8, 4) is 5.75 Å². The highest BCUT2D eigenvalue weighted by atomic mass is 79.9. The summed E-state index contributed by atoms with van der Waals surface area (Å²) < 4.78 is 10.6. The Labute approximate surface area is 152 Å². The Kier molecular flexibility index (Phi) is 8.72. The predicted octanol–water partition coefficient (Wildman–Crippen LogP) is 0.803. The van der Waals surface area contributed by atoms with Gasteiger partial charge in [-0.1, -0.05) is 15.9 Å². The van der Waals surface area contributed by atoms with Crippen molar-refractivity contribution < 1.29 is 23.9 Å². The molecule has 0 radical (unpaired) electrons. The second-order valence-corrected chi connectivity index (χ2v) is 5.69. The van der Waals surface area contributed by atoms with E-state index in [2.05, 4.69) is 36.8 Å². The molecule has 0 unspecified atom stereocenters. The minimum atomic E-state index is -0.498. The monoisotopic (exact) mass is 417 g/mol. The number of halogens is 1. The fourth-order valence-electron chi connectivity index (χ4n) is 1.38. The summed E-state index contributed by atoms with van der Waals surface area (Å²) in [6.45, 7) is -0.229. The summed E-state index contributed by atoms with van der Waals surface area (Å²) in [5.41, 5.74) is 4.63. The van der Waals surface area contributed by atoms with Crippen LogP contribution in [0.2, 0.25) is 0 Å². The molecule has 8 nitrogen and oxygen atoms in total. The van der Waals surface area contributed by atoms with Gasteiger partial charge in [0.1, 0.15) is 5.75 Å². The molecule has 0 heterocycles. The van der Waals surface area contributed by atoms with E-state index >= 15 is 0 Å². The molecule has 1 rings (SSSR count). The number of hydrogen-bond donors (Lipinski definition) is 3. The zero-order valence-corrected chi connectivity index (χ0v) is 15.2. The van der Waals surface area contributed by atoms with Gasteiger partial charge in [-0.15, -0.1) is 0 Å². The second kappa shape index (κ2) is 10.6. The minimum absolute atomic E-state index is 0.0572. The third-order valence-electron chi connectivity index (χ3n) is 2.54. The van der Waals surface area contributed by atoms with Gasteiger partial charge in [-0.05, 0) is 36.5 Å². The van der Waals surface area contributed by atoms with Gasteiger partial charge in [-0.25, -0.2) is 0 Å². The maximum atomic E-state index is 11.6. The summed E-state index contributed by atoms with van der Waals surface area (Å²) in [5.74, 6) is -0.920. The number of rotatable bonds is 6. The first-order chi connectivity index (χ1) is 11.4.